The van der Waals surface area contributed by atoms with Gasteiger partial charge >= 0.3 is 0 Å². The van der Waals surface area contributed by atoms with E-state index in [1.165, 1.54) is 43.2 Å². The molecule has 138 valence electrons. The molecule has 1 amide bonds. The van der Waals surface area contributed by atoms with Crippen molar-refractivity contribution in [2.75, 3.05) is 11.4 Å². The molecule has 1 aromatic rings. The van der Waals surface area contributed by atoms with Gasteiger partial charge in [-0.25, -0.2) is 0 Å². The van der Waals surface area contributed by atoms with Crippen LogP contribution in [0.5, 0.6) is 0 Å². The number of hydrogen-bond acceptors (Lipinski definition) is 2. The van der Waals surface area contributed by atoms with E-state index in [1.54, 1.807) is 0 Å². The number of amides is 1. The lowest BCUT2D eigenvalue weighted by Gasteiger charge is -2.31. The summed E-state index contributed by atoms with van der Waals surface area (Å²) in [7, 11) is 0. The first kappa shape index (κ1) is 18.4. The standard InChI is InChI=1S/C22H34N2O/c1-2-20(23)16-18-10-12-21-19(15-18)9-6-14-24(21)22(25)13-11-17-7-4-3-5-8-17/h10,12,15,17,20H,2-9,11,13-14,16,23H2,1H3. The minimum atomic E-state index is 0.231. The average molecular weight is 343 g/mol. The van der Waals surface area contributed by atoms with E-state index >= 15 is 0 Å². The monoisotopic (exact) mass is 342 g/mol. The SMILES string of the molecule is CCC(N)Cc1ccc2c(c1)CCCN2C(=O)CCC1CCCCC1. The molecule has 0 radical (unpaired) electrons. The lowest BCUT2D eigenvalue weighted by Crippen LogP contribution is -2.35. The van der Waals surface area contributed by atoms with Gasteiger partial charge in [-0.3, -0.25) is 4.79 Å². The Hall–Kier alpha value is -1.35. The molecule has 0 spiro atoms. The van der Waals surface area contributed by atoms with Crippen LogP contribution in [0.3, 0.4) is 0 Å². The summed E-state index contributed by atoms with van der Waals surface area (Å²) in [5, 5.41) is 0. The first-order valence-corrected chi connectivity index (χ1v) is 10.3. The van der Waals surface area contributed by atoms with Gasteiger partial charge in [-0.15, -0.1) is 0 Å². The van der Waals surface area contributed by atoms with Crippen LogP contribution in [0.4, 0.5) is 5.69 Å². The summed E-state index contributed by atoms with van der Waals surface area (Å²) in [6.45, 7) is 3.01. The Morgan fingerprint density at radius 1 is 1.24 bits per heavy atom. The van der Waals surface area contributed by atoms with Gasteiger partial charge in [-0.2, -0.15) is 0 Å². The van der Waals surface area contributed by atoms with Crippen LogP contribution in [0.1, 0.15) is 75.8 Å². The number of carbonyl (C=O) groups is 1. The van der Waals surface area contributed by atoms with E-state index in [2.05, 4.69) is 25.1 Å². The molecular formula is C22H34N2O. The molecule has 1 saturated carbocycles. The third kappa shape index (κ3) is 4.84. The van der Waals surface area contributed by atoms with Crippen molar-refractivity contribution in [2.45, 2.75) is 83.6 Å². The Balaban J connectivity index is 1.63. The fourth-order valence-electron chi connectivity index (χ4n) is 4.42. The minimum Gasteiger partial charge on any atom is -0.327 e. The Morgan fingerprint density at radius 3 is 2.80 bits per heavy atom. The van der Waals surface area contributed by atoms with Crippen LogP contribution in [0.25, 0.3) is 0 Å². The highest BCUT2D eigenvalue weighted by atomic mass is 16.2. The minimum absolute atomic E-state index is 0.231. The highest BCUT2D eigenvalue weighted by molar-refractivity contribution is 5.94. The number of nitrogens with two attached hydrogens (primary N) is 1. The van der Waals surface area contributed by atoms with E-state index in [0.717, 1.165) is 50.3 Å². The molecule has 1 aromatic carbocycles. The van der Waals surface area contributed by atoms with Crippen LogP contribution in [0, 0.1) is 5.92 Å². The number of carbonyl (C=O) groups excluding carboxylic acids is 1. The van der Waals surface area contributed by atoms with Crippen molar-refractivity contribution in [3.8, 4) is 0 Å². The number of rotatable bonds is 6. The number of hydrogen-bond donors (Lipinski definition) is 1. The molecule has 1 unspecified atom stereocenters. The van der Waals surface area contributed by atoms with Crippen molar-refractivity contribution in [2.24, 2.45) is 11.7 Å². The zero-order chi connectivity index (χ0) is 17.6. The predicted octanol–water partition coefficient (Wildman–Crippen LogP) is 4.61. The average Bonchev–Trinajstić information content (AvgIpc) is 2.66. The van der Waals surface area contributed by atoms with Gasteiger partial charge in [0.25, 0.3) is 0 Å². The lowest BCUT2D eigenvalue weighted by atomic mass is 9.86. The number of aryl methyl sites for hydroxylation is 1. The molecule has 0 aromatic heterocycles. The van der Waals surface area contributed by atoms with Gasteiger partial charge in [0.2, 0.25) is 5.91 Å². The molecule has 1 heterocycles. The largest absolute Gasteiger partial charge is 0.327 e. The van der Waals surface area contributed by atoms with E-state index in [1.807, 2.05) is 4.90 Å². The van der Waals surface area contributed by atoms with Crippen LogP contribution in [-0.2, 0) is 17.6 Å². The second-order valence-electron chi connectivity index (χ2n) is 8.03. The first-order valence-electron chi connectivity index (χ1n) is 10.3. The summed E-state index contributed by atoms with van der Waals surface area (Å²) in [5.41, 5.74) is 9.89. The van der Waals surface area contributed by atoms with Crippen LogP contribution in [0.15, 0.2) is 18.2 Å². The summed E-state index contributed by atoms with van der Waals surface area (Å²) >= 11 is 0. The Morgan fingerprint density at radius 2 is 2.04 bits per heavy atom. The molecule has 3 rings (SSSR count). The summed E-state index contributed by atoms with van der Waals surface area (Å²) < 4.78 is 0. The molecule has 3 heteroatoms. The van der Waals surface area contributed by atoms with Crippen molar-refractivity contribution in [1.29, 1.82) is 0 Å². The fourth-order valence-corrected chi connectivity index (χ4v) is 4.42. The predicted molar refractivity (Wildman–Crippen MR) is 105 cm³/mol. The molecular weight excluding hydrogens is 308 g/mol. The Kier molecular flexibility index (Phi) is 6.52. The van der Waals surface area contributed by atoms with Crippen LogP contribution >= 0.6 is 0 Å². The van der Waals surface area contributed by atoms with Gasteiger partial charge in [0, 0.05) is 24.7 Å². The molecule has 1 fully saturated rings. The molecule has 1 atom stereocenters. The van der Waals surface area contributed by atoms with Crippen molar-refractivity contribution in [3.63, 3.8) is 0 Å². The van der Waals surface area contributed by atoms with Gasteiger partial charge < -0.3 is 10.6 Å². The highest BCUT2D eigenvalue weighted by Crippen LogP contribution is 2.31. The van der Waals surface area contributed by atoms with Crippen LogP contribution < -0.4 is 10.6 Å². The van der Waals surface area contributed by atoms with Gasteiger partial charge in [0.15, 0.2) is 0 Å². The zero-order valence-corrected chi connectivity index (χ0v) is 15.8. The maximum absolute atomic E-state index is 12.8. The second-order valence-corrected chi connectivity index (χ2v) is 8.03. The first-order chi connectivity index (χ1) is 12.2. The van der Waals surface area contributed by atoms with E-state index in [4.69, 9.17) is 5.73 Å². The summed E-state index contributed by atoms with van der Waals surface area (Å²) in [6.07, 6.45) is 12.6. The van der Waals surface area contributed by atoms with Gasteiger partial charge in [0.05, 0.1) is 0 Å². The lowest BCUT2D eigenvalue weighted by molar-refractivity contribution is -0.119. The number of anilines is 1. The molecule has 1 aliphatic heterocycles. The van der Waals surface area contributed by atoms with Crippen LogP contribution in [-0.4, -0.2) is 18.5 Å². The Bertz CT molecular complexity index is 577. The molecule has 0 bridgehead atoms. The quantitative estimate of drug-likeness (QED) is 0.821. The summed E-state index contributed by atoms with van der Waals surface area (Å²) in [6, 6.07) is 6.84. The smallest absolute Gasteiger partial charge is 0.226 e. The molecule has 2 aliphatic rings. The fraction of sp³-hybridized carbons (Fsp3) is 0.682. The van der Waals surface area contributed by atoms with Gasteiger partial charge in [-0.1, -0.05) is 51.2 Å². The third-order valence-corrected chi connectivity index (χ3v) is 6.08. The van der Waals surface area contributed by atoms with E-state index in [9.17, 15) is 4.79 Å². The van der Waals surface area contributed by atoms with Crippen molar-refractivity contribution in [3.05, 3.63) is 29.3 Å². The maximum Gasteiger partial charge on any atom is 0.226 e. The molecule has 25 heavy (non-hydrogen) atoms. The number of benzene rings is 1. The van der Waals surface area contributed by atoms with Crippen LogP contribution in [0.2, 0.25) is 0 Å². The van der Waals surface area contributed by atoms with Crippen molar-refractivity contribution in [1.82, 2.24) is 0 Å². The van der Waals surface area contributed by atoms with E-state index in [0.29, 0.717) is 12.3 Å². The third-order valence-electron chi connectivity index (χ3n) is 6.08. The molecule has 2 N–H and O–H groups in total. The van der Waals surface area contributed by atoms with Gasteiger partial charge in [0.1, 0.15) is 0 Å². The number of fused-ring (bicyclic) bond motifs is 1. The number of nitrogens with zero attached hydrogens (tertiary/aromatic N) is 1. The summed E-state index contributed by atoms with van der Waals surface area (Å²) in [5.74, 6) is 1.10. The molecule has 0 saturated heterocycles. The maximum atomic E-state index is 12.8. The van der Waals surface area contributed by atoms with Gasteiger partial charge in [-0.05, 0) is 55.2 Å². The van der Waals surface area contributed by atoms with E-state index < -0.39 is 0 Å². The molecule has 3 nitrogen and oxygen atoms in total. The second kappa shape index (κ2) is 8.84. The highest BCUT2D eigenvalue weighted by Gasteiger charge is 2.24. The zero-order valence-electron chi connectivity index (χ0n) is 15.8. The normalized spacial score (nSPS) is 19.5. The summed E-state index contributed by atoms with van der Waals surface area (Å²) in [4.78, 5) is 14.9. The topological polar surface area (TPSA) is 46.3 Å². The van der Waals surface area contributed by atoms with Crippen molar-refractivity contribution >= 4 is 11.6 Å². The molecule has 1 aliphatic carbocycles. The van der Waals surface area contributed by atoms with E-state index in [-0.39, 0.29) is 6.04 Å². The Labute approximate surface area is 153 Å². The van der Waals surface area contributed by atoms with Crippen molar-refractivity contribution < 1.29 is 4.79 Å².